The van der Waals surface area contributed by atoms with Crippen LogP contribution in [0.2, 0.25) is 5.02 Å². The van der Waals surface area contributed by atoms with Gasteiger partial charge < -0.3 is 14.8 Å². The Morgan fingerprint density at radius 2 is 2.22 bits per heavy atom. The molecule has 1 unspecified atom stereocenters. The molecule has 1 aromatic carbocycles. The number of carbonyl (C=O) groups excluding carboxylic acids is 1. The molecule has 1 N–H and O–H groups in total. The van der Waals surface area contributed by atoms with E-state index in [0.29, 0.717) is 23.8 Å². The second kappa shape index (κ2) is 7.11. The summed E-state index contributed by atoms with van der Waals surface area (Å²) in [6.07, 6.45) is 0.295. The SMILES string of the molecule is CCOC(=O)CC(C)Nc1cc(Cl)ccc1OC. The molecule has 0 fully saturated rings. The lowest BCUT2D eigenvalue weighted by molar-refractivity contribution is -0.143. The van der Waals surface area contributed by atoms with Crippen molar-refractivity contribution in [2.45, 2.75) is 26.3 Å². The van der Waals surface area contributed by atoms with Gasteiger partial charge in [-0.25, -0.2) is 0 Å². The van der Waals surface area contributed by atoms with E-state index in [2.05, 4.69) is 5.32 Å². The lowest BCUT2D eigenvalue weighted by atomic mass is 10.2. The molecule has 0 saturated carbocycles. The Labute approximate surface area is 112 Å². The van der Waals surface area contributed by atoms with E-state index < -0.39 is 0 Å². The second-order valence-electron chi connectivity index (χ2n) is 3.90. The maximum absolute atomic E-state index is 11.3. The van der Waals surface area contributed by atoms with E-state index in [1.54, 1.807) is 32.2 Å². The van der Waals surface area contributed by atoms with Crippen molar-refractivity contribution < 1.29 is 14.3 Å². The highest BCUT2D eigenvalue weighted by molar-refractivity contribution is 6.30. The number of hydrogen-bond donors (Lipinski definition) is 1. The highest BCUT2D eigenvalue weighted by atomic mass is 35.5. The second-order valence-corrected chi connectivity index (χ2v) is 4.34. The summed E-state index contributed by atoms with van der Waals surface area (Å²) in [6, 6.07) is 5.24. The van der Waals surface area contributed by atoms with Crippen molar-refractivity contribution in [2.24, 2.45) is 0 Å². The quantitative estimate of drug-likeness (QED) is 0.808. The summed E-state index contributed by atoms with van der Waals surface area (Å²) in [4.78, 5) is 11.3. The van der Waals surface area contributed by atoms with Crippen LogP contribution in [0.25, 0.3) is 0 Å². The largest absolute Gasteiger partial charge is 0.495 e. The molecule has 1 rings (SSSR count). The standard InChI is InChI=1S/C13H18ClNO3/c1-4-18-13(16)7-9(2)15-11-8-10(14)5-6-12(11)17-3/h5-6,8-9,15H,4,7H2,1-3H3. The number of anilines is 1. The molecule has 0 amide bonds. The number of ether oxygens (including phenoxy) is 2. The zero-order chi connectivity index (χ0) is 13.5. The lowest BCUT2D eigenvalue weighted by Crippen LogP contribution is -2.21. The van der Waals surface area contributed by atoms with Crippen LogP contribution in [0.3, 0.4) is 0 Å². The molecule has 0 spiro atoms. The fourth-order valence-electron chi connectivity index (χ4n) is 1.58. The Balaban J connectivity index is 2.66. The number of methoxy groups -OCH3 is 1. The third-order valence-electron chi connectivity index (χ3n) is 2.34. The third kappa shape index (κ3) is 4.45. The topological polar surface area (TPSA) is 47.6 Å². The summed E-state index contributed by atoms with van der Waals surface area (Å²) < 4.78 is 10.1. The summed E-state index contributed by atoms with van der Waals surface area (Å²) in [5.74, 6) is 0.466. The Hall–Kier alpha value is -1.42. The summed E-state index contributed by atoms with van der Waals surface area (Å²) in [6.45, 7) is 4.08. The van der Waals surface area contributed by atoms with Crippen molar-refractivity contribution in [2.75, 3.05) is 19.0 Å². The van der Waals surface area contributed by atoms with E-state index in [1.807, 2.05) is 6.92 Å². The smallest absolute Gasteiger partial charge is 0.307 e. The highest BCUT2D eigenvalue weighted by Crippen LogP contribution is 2.28. The first-order valence-electron chi connectivity index (χ1n) is 5.82. The van der Waals surface area contributed by atoms with E-state index >= 15 is 0 Å². The predicted molar refractivity (Wildman–Crippen MR) is 72.3 cm³/mol. The van der Waals surface area contributed by atoms with Gasteiger partial charge >= 0.3 is 5.97 Å². The zero-order valence-corrected chi connectivity index (χ0v) is 11.6. The Bertz CT molecular complexity index is 409. The molecular weight excluding hydrogens is 254 g/mol. The van der Waals surface area contributed by atoms with E-state index in [1.165, 1.54) is 0 Å². The first kappa shape index (κ1) is 14.6. The van der Waals surface area contributed by atoms with Crippen molar-refractivity contribution in [1.29, 1.82) is 0 Å². The van der Waals surface area contributed by atoms with Crippen LogP contribution in [0.5, 0.6) is 5.75 Å². The van der Waals surface area contributed by atoms with Crippen LogP contribution in [0.4, 0.5) is 5.69 Å². The first-order valence-corrected chi connectivity index (χ1v) is 6.20. The summed E-state index contributed by atoms with van der Waals surface area (Å²) in [5.41, 5.74) is 0.766. The molecule has 0 saturated heterocycles. The van der Waals surface area contributed by atoms with Crippen molar-refractivity contribution in [3.05, 3.63) is 23.2 Å². The molecule has 0 radical (unpaired) electrons. The van der Waals surface area contributed by atoms with E-state index in [9.17, 15) is 4.79 Å². The zero-order valence-electron chi connectivity index (χ0n) is 10.8. The molecule has 1 aromatic rings. The van der Waals surface area contributed by atoms with Crippen LogP contribution >= 0.6 is 11.6 Å². The number of hydrogen-bond acceptors (Lipinski definition) is 4. The van der Waals surface area contributed by atoms with Gasteiger partial charge in [-0.2, -0.15) is 0 Å². The van der Waals surface area contributed by atoms with E-state index in [-0.39, 0.29) is 12.0 Å². The minimum Gasteiger partial charge on any atom is -0.495 e. The van der Waals surface area contributed by atoms with Crippen LogP contribution in [-0.4, -0.2) is 25.7 Å². The molecular formula is C13H18ClNO3. The molecule has 0 aliphatic carbocycles. The summed E-state index contributed by atoms with van der Waals surface area (Å²) in [5, 5.41) is 3.79. The summed E-state index contributed by atoms with van der Waals surface area (Å²) >= 11 is 5.93. The van der Waals surface area contributed by atoms with Gasteiger partial charge in [0.1, 0.15) is 5.75 Å². The number of halogens is 1. The Morgan fingerprint density at radius 1 is 1.50 bits per heavy atom. The van der Waals surface area contributed by atoms with Crippen LogP contribution in [0.1, 0.15) is 20.3 Å². The number of carbonyl (C=O) groups is 1. The number of nitrogens with one attached hydrogen (secondary N) is 1. The van der Waals surface area contributed by atoms with Gasteiger partial charge in [-0.15, -0.1) is 0 Å². The fourth-order valence-corrected chi connectivity index (χ4v) is 1.75. The fraction of sp³-hybridized carbons (Fsp3) is 0.462. The van der Waals surface area contributed by atoms with Gasteiger partial charge in [0.15, 0.2) is 0 Å². The average molecular weight is 272 g/mol. The average Bonchev–Trinajstić information content (AvgIpc) is 2.29. The van der Waals surface area contributed by atoms with Gasteiger partial charge in [-0.1, -0.05) is 11.6 Å². The van der Waals surface area contributed by atoms with Gasteiger partial charge in [-0.3, -0.25) is 4.79 Å². The molecule has 0 aliphatic rings. The molecule has 18 heavy (non-hydrogen) atoms. The number of benzene rings is 1. The maximum Gasteiger partial charge on any atom is 0.307 e. The van der Waals surface area contributed by atoms with Crippen molar-refractivity contribution in [3.63, 3.8) is 0 Å². The Kier molecular flexibility index (Phi) is 5.78. The van der Waals surface area contributed by atoms with E-state index in [4.69, 9.17) is 21.1 Å². The molecule has 0 bridgehead atoms. The molecule has 0 heterocycles. The minimum atomic E-state index is -0.224. The van der Waals surface area contributed by atoms with Crippen molar-refractivity contribution >= 4 is 23.3 Å². The van der Waals surface area contributed by atoms with Gasteiger partial charge in [0, 0.05) is 11.1 Å². The molecule has 0 aromatic heterocycles. The normalized spacial score (nSPS) is 11.8. The molecule has 5 heteroatoms. The van der Waals surface area contributed by atoms with Crippen molar-refractivity contribution in [1.82, 2.24) is 0 Å². The van der Waals surface area contributed by atoms with Gasteiger partial charge in [0.2, 0.25) is 0 Å². The molecule has 100 valence electrons. The monoisotopic (exact) mass is 271 g/mol. The molecule has 4 nitrogen and oxygen atoms in total. The van der Waals surface area contributed by atoms with Crippen LogP contribution in [-0.2, 0) is 9.53 Å². The molecule has 0 aliphatic heterocycles. The van der Waals surface area contributed by atoms with Crippen LogP contribution < -0.4 is 10.1 Å². The van der Waals surface area contributed by atoms with Crippen LogP contribution in [0.15, 0.2) is 18.2 Å². The summed E-state index contributed by atoms with van der Waals surface area (Å²) in [7, 11) is 1.59. The van der Waals surface area contributed by atoms with Gasteiger partial charge in [-0.05, 0) is 32.0 Å². The highest BCUT2D eigenvalue weighted by Gasteiger charge is 2.12. The van der Waals surface area contributed by atoms with Gasteiger partial charge in [0.25, 0.3) is 0 Å². The van der Waals surface area contributed by atoms with Crippen molar-refractivity contribution in [3.8, 4) is 5.75 Å². The first-order chi connectivity index (χ1) is 8.56. The van der Waals surface area contributed by atoms with E-state index in [0.717, 1.165) is 5.69 Å². The third-order valence-corrected chi connectivity index (χ3v) is 2.58. The lowest BCUT2D eigenvalue weighted by Gasteiger charge is -2.17. The predicted octanol–water partition coefficient (Wildman–Crippen LogP) is 3.10. The minimum absolute atomic E-state index is 0.0589. The number of rotatable bonds is 6. The Morgan fingerprint density at radius 3 is 2.83 bits per heavy atom. The number of esters is 1. The molecule has 1 atom stereocenters. The van der Waals surface area contributed by atoms with Gasteiger partial charge in [0.05, 0.1) is 25.8 Å². The van der Waals surface area contributed by atoms with Crippen LogP contribution in [0, 0.1) is 0 Å². The maximum atomic E-state index is 11.3.